The van der Waals surface area contributed by atoms with Crippen LogP contribution in [0.15, 0.2) is 53.9 Å². The zero-order valence-electron chi connectivity index (χ0n) is 15.6. The van der Waals surface area contributed by atoms with Gasteiger partial charge in [0.25, 0.3) is 0 Å². The van der Waals surface area contributed by atoms with Crippen LogP contribution in [0.2, 0.25) is 5.02 Å². The van der Waals surface area contributed by atoms with Gasteiger partial charge in [-0.1, -0.05) is 41.9 Å². The van der Waals surface area contributed by atoms with Crippen molar-refractivity contribution in [2.24, 2.45) is 0 Å². The maximum atomic E-state index is 13.2. The van der Waals surface area contributed by atoms with Crippen molar-refractivity contribution in [3.05, 3.63) is 70.3 Å². The van der Waals surface area contributed by atoms with Gasteiger partial charge in [-0.15, -0.1) is 11.3 Å². The van der Waals surface area contributed by atoms with Crippen molar-refractivity contribution < 1.29 is 13.9 Å². The second-order valence-corrected chi connectivity index (χ2v) is 7.60. The molecule has 0 aliphatic rings. The Morgan fingerprint density at radius 1 is 1.25 bits per heavy atom. The molecule has 1 unspecified atom stereocenters. The first-order chi connectivity index (χ1) is 13.5. The van der Waals surface area contributed by atoms with E-state index in [0.717, 1.165) is 11.1 Å². The number of hydrogen-bond acceptors (Lipinski definition) is 4. The average molecular weight is 419 g/mol. The van der Waals surface area contributed by atoms with E-state index in [4.69, 9.17) is 16.3 Å². The van der Waals surface area contributed by atoms with Crippen LogP contribution in [-0.2, 0) is 16.1 Å². The number of carbonyl (C=O) groups is 1. The van der Waals surface area contributed by atoms with Crippen molar-refractivity contribution in [3.8, 4) is 11.3 Å². The molecule has 0 N–H and O–H groups in total. The predicted molar refractivity (Wildman–Crippen MR) is 111 cm³/mol. The van der Waals surface area contributed by atoms with E-state index in [1.54, 1.807) is 30.2 Å². The highest BCUT2D eigenvalue weighted by Crippen LogP contribution is 2.32. The molecule has 0 saturated carbocycles. The SMILES string of the molecule is COC(C)CC(=O)N(Cc1ccc(F)cc1)c1nc(-c2ccccc2Cl)cs1. The summed E-state index contributed by atoms with van der Waals surface area (Å²) in [6.07, 6.45) is 0.00447. The van der Waals surface area contributed by atoms with Crippen LogP contribution < -0.4 is 4.90 Å². The summed E-state index contributed by atoms with van der Waals surface area (Å²) < 4.78 is 18.5. The van der Waals surface area contributed by atoms with Crippen LogP contribution in [0, 0.1) is 5.82 Å². The Labute approximate surface area is 172 Å². The van der Waals surface area contributed by atoms with E-state index < -0.39 is 0 Å². The van der Waals surface area contributed by atoms with Crippen LogP contribution in [0.25, 0.3) is 11.3 Å². The molecule has 1 heterocycles. The number of anilines is 1. The molecular weight excluding hydrogens is 399 g/mol. The minimum Gasteiger partial charge on any atom is -0.381 e. The van der Waals surface area contributed by atoms with E-state index in [9.17, 15) is 9.18 Å². The lowest BCUT2D eigenvalue weighted by atomic mass is 10.2. The lowest BCUT2D eigenvalue weighted by molar-refractivity contribution is -0.120. The number of nitrogens with zero attached hydrogens (tertiary/aromatic N) is 2. The smallest absolute Gasteiger partial charge is 0.231 e. The Hall–Kier alpha value is -2.28. The number of carbonyl (C=O) groups excluding carboxylic acids is 1. The molecule has 0 saturated heterocycles. The number of ether oxygens (including phenoxy) is 1. The fourth-order valence-electron chi connectivity index (χ4n) is 2.66. The van der Waals surface area contributed by atoms with E-state index in [1.807, 2.05) is 30.5 Å². The molecule has 1 aromatic heterocycles. The monoisotopic (exact) mass is 418 g/mol. The number of rotatable bonds is 7. The molecule has 0 aliphatic heterocycles. The first-order valence-electron chi connectivity index (χ1n) is 8.76. The zero-order chi connectivity index (χ0) is 20.1. The standard InChI is InChI=1S/C21H20ClFN2O2S/c1-14(27-2)11-20(26)25(12-15-7-9-16(23)10-8-15)21-24-19(13-28-21)17-5-3-4-6-18(17)22/h3-10,13-14H,11-12H2,1-2H3. The summed E-state index contributed by atoms with van der Waals surface area (Å²) in [6.45, 7) is 2.13. The number of aromatic nitrogens is 1. The van der Waals surface area contributed by atoms with Gasteiger partial charge in [-0.3, -0.25) is 9.69 Å². The summed E-state index contributed by atoms with van der Waals surface area (Å²) in [6, 6.07) is 13.5. The number of amides is 1. The summed E-state index contributed by atoms with van der Waals surface area (Å²) in [4.78, 5) is 19.1. The predicted octanol–water partition coefficient (Wildman–Crippen LogP) is 5.56. The minimum atomic E-state index is -0.315. The van der Waals surface area contributed by atoms with Crippen molar-refractivity contribution in [3.63, 3.8) is 0 Å². The Bertz CT molecular complexity index is 946. The van der Waals surface area contributed by atoms with Gasteiger partial charge in [0.15, 0.2) is 5.13 Å². The molecule has 1 amide bonds. The second-order valence-electron chi connectivity index (χ2n) is 6.35. The first-order valence-corrected chi connectivity index (χ1v) is 10.0. The molecule has 0 radical (unpaired) electrons. The number of benzene rings is 2. The molecule has 146 valence electrons. The van der Waals surface area contributed by atoms with Gasteiger partial charge in [0.2, 0.25) is 5.91 Å². The summed E-state index contributed by atoms with van der Waals surface area (Å²) >= 11 is 7.64. The summed E-state index contributed by atoms with van der Waals surface area (Å²) in [5.74, 6) is -0.427. The summed E-state index contributed by atoms with van der Waals surface area (Å²) in [5.41, 5.74) is 2.34. The van der Waals surface area contributed by atoms with Crippen LogP contribution in [0.4, 0.5) is 9.52 Å². The van der Waals surface area contributed by atoms with Gasteiger partial charge >= 0.3 is 0 Å². The third-order valence-corrected chi connectivity index (χ3v) is 5.49. The zero-order valence-corrected chi connectivity index (χ0v) is 17.1. The van der Waals surface area contributed by atoms with Gasteiger partial charge in [0, 0.05) is 23.1 Å². The Morgan fingerprint density at radius 3 is 2.64 bits per heavy atom. The Balaban J connectivity index is 1.91. The van der Waals surface area contributed by atoms with Gasteiger partial charge < -0.3 is 4.74 Å². The van der Waals surface area contributed by atoms with Gasteiger partial charge in [0.1, 0.15) is 5.82 Å². The van der Waals surface area contributed by atoms with E-state index >= 15 is 0 Å². The number of halogens is 2. The van der Waals surface area contributed by atoms with E-state index in [0.29, 0.717) is 22.4 Å². The maximum Gasteiger partial charge on any atom is 0.231 e. The summed E-state index contributed by atoms with van der Waals surface area (Å²) in [7, 11) is 1.57. The molecule has 3 aromatic rings. The molecule has 7 heteroatoms. The van der Waals surface area contributed by atoms with Crippen molar-refractivity contribution >= 4 is 34.0 Å². The molecule has 3 rings (SSSR count). The molecular formula is C21H20ClFN2O2S. The average Bonchev–Trinajstić information content (AvgIpc) is 3.17. The number of thiazole rings is 1. The molecule has 0 spiro atoms. The fourth-order valence-corrected chi connectivity index (χ4v) is 3.73. The van der Waals surface area contributed by atoms with E-state index in [1.165, 1.54) is 23.5 Å². The fraction of sp³-hybridized carbons (Fsp3) is 0.238. The first kappa shape index (κ1) is 20.5. The number of methoxy groups -OCH3 is 1. The van der Waals surface area contributed by atoms with Crippen molar-refractivity contribution in [2.45, 2.75) is 26.0 Å². The minimum absolute atomic E-state index is 0.112. The molecule has 2 aromatic carbocycles. The molecule has 4 nitrogen and oxygen atoms in total. The normalized spacial score (nSPS) is 12.0. The van der Waals surface area contributed by atoms with Crippen LogP contribution >= 0.6 is 22.9 Å². The molecule has 0 fully saturated rings. The largest absolute Gasteiger partial charge is 0.381 e. The lowest BCUT2D eigenvalue weighted by Gasteiger charge is -2.21. The van der Waals surface area contributed by atoms with Crippen LogP contribution in [0.3, 0.4) is 0 Å². The van der Waals surface area contributed by atoms with Crippen LogP contribution in [-0.4, -0.2) is 24.1 Å². The number of hydrogen-bond donors (Lipinski definition) is 0. The highest BCUT2D eigenvalue weighted by Gasteiger charge is 2.22. The molecule has 0 bridgehead atoms. The van der Waals surface area contributed by atoms with Crippen LogP contribution in [0.5, 0.6) is 0 Å². The second kappa shape index (κ2) is 9.28. The maximum absolute atomic E-state index is 13.2. The van der Waals surface area contributed by atoms with Gasteiger partial charge in [-0.2, -0.15) is 0 Å². The third-order valence-electron chi connectivity index (χ3n) is 4.29. The van der Waals surface area contributed by atoms with Crippen molar-refractivity contribution in [1.29, 1.82) is 0 Å². The van der Waals surface area contributed by atoms with Crippen LogP contribution in [0.1, 0.15) is 18.9 Å². The van der Waals surface area contributed by atoms with Gasteiger partial charge in [0.05, 0.1) is 24.8 Å². The quantitative estimate of drug-likeness (QED) is 0.504. The van der Waals surface area contributed by atoms with E-state index in [2.05, 4.69) is 4.98 Å². The van der Waals surface area contributed by atoms with E-state index in [-0.39, 0.29) is 24.2 Å². The molecule has 28 heavy (non-hydrogen) atoms. The Morgan fingerprint density at radius 2 is 1.96 bits per heavy atom. The summed E-state index contributed by atoms with van der Waals surface area (Å²) in [5, 5.41) is 3.04. The molecule has 0 aliphatic carbocycles. The topological polar surface area (TPSA) is 42.4 Å². The van der Waals surface area contributed by atoms with Gasteiger partial charge in [-0.25, -0.2) is 9.37 Å². The van der Waals surface area contributed by atoms with Crippen molar-refractivity contribution in [1.82, 2.24) is 4.98 Å². The third kappa shape index (κ3) is 4.95. The highest BCUT2D eigenvalue weighted by atomic mass is 35.5. The molecule has 1 atom stereocenters. The lowest BCUT2D eigenvalue weighted by Crippen LogP contribution is -2.32. The van der Waals surface area contributed by atoms with Crippen molar-refractivity contribution in [2.75, 3.05) is 12.0 Å². The van der Waals surface area contributed by atoms with Gasteiger partial charge in [-0.05, 0) is 30.7 Å². The highest BCUT2D eigenvalue weighted by molar-refractivity contribution is 7.14. The Kier molecular flexibility index (Phi) is 6.78.